The van der Waals surface area contributed by atoms with Gasteiger partial charge < -0.3 is 4.42 Å². The fourth-order valence-corrected chi connectivity index (χ4v) is 3.27. The highest BCUT2D eigenvalue weighted by atomic mass is 32.2. The Morgan fingerprint density at radius 1 is 1.05 bits per heavy atom. The molecule has 0 amide bonds. The third-order valence-corrected chi connectivity index (χ3v) is 4.33. The molecule has 0 spiro atoms. The van der Waals surface area contributed by atoms with Crippen LogP contribution in [0.2, 0.25) is 0 Å². The van der Waals surface area contributed by atoms with Crippen LogP contribution < -0.4 is 5.63 Å². The molecule has 0 saturated carbocycles. The van der Waals surface area contributed by atoms with Crippen molar-refractivity contribution in [2.45, 2.75) is 10.6 Å². The SMILES string of the molecule is O=c1oc2ccccc2c(SCc2ccccc2)c1[N+](=O)[O-]. The summed E-state index contributed by atoms with van der Waals surface area (Å²) in [6, 6.07) is 16.4. The maximum atomic E-state index is 11.9. The fourth-order valence-electron chi connectivity index (χ4n) is 2.14. The molecule has 0 bridgehead atoms. The number of benzene rings is 2. The number of thioether (sulfide) groups is 1. The van der Waals surface area contributed by atoms with E-state index in [0.29, 0.717) is 21.6 Å². The summed E-state index contributed by atoms with van der Waals surface area (Å²) in [5.41, 5.74) is -0.0355. The Labute approximate surface area is 129 Å². The monoisotopic (exact) mass is 313 g/mol. The number of para-hydroxylation sites is 1. The summed E-state index contributed by atoms with van der Waals surface area (Å²) in [6.07, 6.45) is 0. The maximum Gasteiger partial charge on any atom is 0.416 e. The zero-order chi connectivity index (χ0) is 15.5. The second kappa shape index (κ2) is 6.03. The highest BCUT2D eigenvalue weighted by molar-refractivity contribution is 7.98. The molecule has 0 aliphatic carbocycles. The van der Waals surface area contributed by atoms with E-state index < -0.39 is 16.2 Å². The van der Waals surface area contributed by atoms with Crippen LogP contribution in [0.5, 0.6) is 0 Å². The Morgan fingerprint density at radius 2 is 1.73 bits per heavy atom. The highest BCUT2D eigenvalue weighted by Gasteiger charge is 2.24. The van der Waals surface area contributed by atoms with Crippen molar-refractivity contribution in [3.63, 3.8) is 0 Å². The fraction of sp³-hybridized carbons (Fsp3) is 0.0625. The van der Waals surface area contributed by atoms with E-state index in [2.05, 4.69) is 0 Å². The molecule has 0 saturated heterocycles. The first-order valence-corrected chi connectivity index (χ1v) is 7.52. The third-order valence-electron chi connectivity index (χ3n) is 3.15. The first kappa shape index (κ1) is 14.3. The topological polar surface area (TPSA) is 73.3 Å². The van der Waals surface area contributed by atoms with Crippen LogP contribution in [0.25, 0.3) is 11.0 Å². The van der Waals surface area contributed by atoms with Crippen LogP contribution in [-0.2, 0) is 5.75 Å². The van der Waals surface area contributed by atoms with Crippen LogP contribution in [0.1, 0.15) is 5.56 Å². The quantitative estimate of drug-likeness (QED) is 0.315. The van der Waals surface area contributed by atoms with Crippen molar-refractivity contribution >= 4 is 28.4 Å². The molecule has 3 rings (SSSR count). The minimum atomic E-state index is -0.917. The first-order valence-electron chi connectivity index (χ1n) is 6.54. The van der Waals surface area contributed by atoms with Gasteiger partial charge in [-0.2, -0.15) is 0 Å². The van der Waals surface area contributed by atoms with E-state index in [1.807, 2.05) is 30.3 Å². The number of rotatable bonds is 4. The van der Waals surface area contributed by atoms with Crippen LogP contribution >= 0.6 is 11.8 Å². The zero-order valence-corrected chi connectivity index (χ0v) is 12.2. The smallest absolute Gasteiger partial charge is 0.416 e. The summed E-state index contributed by atoms with van der Waals surface area (Å²) >= 11 is 1.27. The van der Waals surface area contributed by atoms with Gasteiger partial charge in [0.05, 0.1) is 4.92 Å². The molecule has 0 fully saturated rings. The molecule has 6 heteroatoms. The van der Waals surface area contributed by atoms with Gasteiger partial charge in [0.25, 0.3) is 0 Å². The molecule has 1 aromatic heterocycles. The Bertz CT molecular complexity index is 890. The minimum absolute atomic E-state index is 0.348. The van der Waals surface area contributed by atoms with E-state index in [1.54, 1.807) is 24.3 Å². The lowest BCUT2D eigenvalue weighted by molar-refractivity contribution is -0.390. The van der Waals surface area contributed by atoms with Gasteiger partial charge in [0, 0.05) is 11.1 Å². The van der Waals surface area contributed by atoms with E-state index in [4.69, 9.17) is 4.42 Å². The molecular weight excluding hydrogens is 302 g/mol. The average molecular weight is 313 g/mol. The molecule has 22 heavy (non-hydrogen) atoms. The maximum absolute atomic E-state index is 11.9. The second-order valence-electron chi connectivity index (χ2n) is 4.59. The highest BCUT2D eigenvalue weighted by Crippen LogP contribution is 2.35. The second-order valence-corrected chi connectivity index (χ2v) is 5.58. The van der Waals surface area contributed by atoms with Crippen LogP contribution in [0.3, 0.4) is 0 Å². The van der Waals surface area contributed by atoms with Crippen molar-refractivity contribution in [3.05, 3.63) is 80.7 Å². The van der Waals surface area contributed by atoms with Crippen molar-refractivity contribution in [2.24, 2.45) is 0 Å². The molecule has 2 aromatic carbocycles. The van der Waals surface area contributed by atoms with E-state index in [0.717, 1.165) is 5.56 Å². The number of hydrogen-bond donors (Lipinski definition) is 0. The number of hydrogen-bond acceptors (Lipinski definition) is 5. The Balaban J connectivity index is 2.11. The summed E-state index contributed by atoms with van der Waals surface area (Å²) in [5, 5.41) is 11.8. The van der Waals surface area contributed by atoms with Gasteiger partial charge in [0.1, 0.15) is 10.5 Å². The molecule has 0 N–H and O–H groups in total. The molecule has 0 unspecified atom stereocenters. The van der Waals surface area contributed by atoms with Gasteiger partial charge in [0.2, 0.25) is 0 Å². The molecule has 3 aromatic rings. The number of nitro groups is 1. The molecule has 0 aliphatic heterocycles. The van der Waals surface area contributed by atoms with Gasteiger partial charge >= 0.3 is 11.3 Å². The van der Waals surface area contributed by atoms with Crippen molar-refractivity contribution in [1.82, 2.24) is 0 Å². The van der Waals surface area contributed by atoms with Crippen LogP contribution in [0.4, 0.5) is 5.69 Å². The standard InChI is InChI=1S/C16H11NO4S/c18-16-14(17(19)20)15(12-8-4-5-9-13(12)21-16)22-10-11-6-2-1-3-7-11/h1-9H,10H2. The molecule has 110 valence electrons. The summed E-state index contributed by atoms with van der Waals surface area (Å²) in [6.45, 7) is 0. The zero-order valence-electron chi connectivity index (χ0n) is 11.4. The Morgan fingerprint density at radius 3 is 2.45 bits per heavy atom. The predicted molar refractivity (Wildman–Crippen MR) is 85.1 cm³/mol. The molecule has 0 radical (unpaired) electrons. The van der Waals surface area contributed by atoms with Crippen molar-refractivity contribution in [2.75, 3.05) is 0 Å². The van der Waals surface area contributed by atoms with Crippen molar-refractivity contribution < 1.29 is 9.34 Å². The van der Waals surface area contributed by atoms with Gasteiger partial charge in [0.15, 0.2) is 0 Å². The molecular formula is C16H11NO4S. The van der Waals surface area contributed by atoms with Crippen LogP contribution in [0, 0.1) is 10.1 Å². The average Bonchev–Trinajstić information content (AvgIpc) is 2.52. The van der Waals surface area contributed by atoms with Gasteiger partial charge in [-0.3, -0.25) is 10.1 Å². The summed E-state index contributed by atoms with van der Waals surface area (Å²) in [4.78, 5) is 22.8. The number of fused-ring (bicyclic) bond motifs is 1. The Hall–Kier alpha value is -2.60. The normalized spacial score (nSPS) is 10.7. The lowest BCUT2D eigenvalue weighted by atomic mass is 10.2. The summed E-state index contributed by atoms with van der Waals surface area (Å²) in [7, 11) is 0. The lowest BCUT2D eigenvalue weighted by Crippen LogP contribution is -2.08. The minimum Gasteiger partial charge on any atom is -0.418 e. The molecule has 5 nitrogen and oxygen atoms in total. The van der Waals surface area contributed by atoms with Crippen LogP contribution in [0.15, 0.2) is 68.7 Å². The summed E-state index contributed by atoms with van der Waals surface area (Å²) in [5.74, 6) is 0.537. The molecule has 0 aliphatic rings. The molecule has 1 heterocycles. The number of nitrogens with zero attached hydrogens (tertiary/aromatic N) is 1. The van der Waals surface area contributed by atoms with E-state index in [9.17, 15) is 14.9 Å². The van der Waals surface area contributed by atoms with Crippen molar-refractivity contribution in [1.29, 1.82) is 0 Å². The Kier molecular flexibility index (Phi) is 3.93. The predicted octanol–water partition coefficient (Wildman–Crippen LogP) is 3.99. The van der Waals surface area contributed by atoms with Gasteiger partial charge in [-0.05, 0) is 17.7 Å². The van der Waals surface area contributed by atoms with Gasteiger partial charge in [-0.1, -0.05) is 42.5 Å². The molecule has 0 atom stereocenters. The van der Waals surface area contributed by atoms with Crippen LogP contribution in [-0.4, -0.2) is 4.92 Å². The largest absolute Gasteiger partial charge is 0.418 e. The first-order chi connectivity index (χ1) is 10.7. The van der Waals surface area contributed by atoms with E-state index in [-0.39, 0.29) is 0 Å². The van der Waals surface area contributed by atoms with Gasteiger partial charge in [-0.15, -0.1) is 11.8 Å². The van der Waals surface area contributed by atoms with E-state index in [1.165, 1.54) is 11.8 Å². The third kappa shape index (κ3) is 2.73. The van der Waals surface area contributed by atoms with E-state index >= 15 is 0 Å². The van der Waals surface area contributed by atoms with Gasteiger partial charge in [-0.25, -0.2) is 4.79 Å². The van der Waals surface area contributed by atoms with Crippen molar-refractivity contribution in [3.8, 4) is 0 Å². The summed E-state index contributed by atoms with van der Waals surface area (Å²) < 4.78 is 5.04. The lowest BCUT2D eigenvalue weighted by Gasteiger charge is -2.06.